The maximum atomic E-state index is 11.1. The molecule has 122 valence electrons. The number of hydrogen-bond acceptors (Lipinski definition) is 3. The molecule has 0 aliphatic carbocycles. The molecule has 0 aliphatic heterocycles. The molecule has 0 bridgehead atoms. The van der Waals surface area contributed by atoms with Crippen LogP contribution < -0.4 is 0 Å². The van der Waals surface area contributed by atoms with Crippen LogP contribution in [0.3, 0.4) is 0 Å². The third-order valence-electron chi connectivity index (χ3n) is 4.27. The molecule has 0 fully saturated rings. The Morgan fingerprint density at radius 1 is 1.29 bits per heavy atom. The Morgan fingerprint density at radius 2 is 1.90 bits per heavy atom. The highest BCUT2D eigenvalue weighted by atomic mass is 32.2. The SMILES string of the molecule is COC(=O)/C=C(C)/C=C/CC(C)CCC(C)C(C)(C)SC. The fourth-order valence-corrected chi connectivity index (χ4v) is 2.50. The molecule has 0 saturated carbocycles. The summed E-state index contributed by atoms with van der Waals surface area (Å²) in [7, 11) is 1.40. The molecule has 3 heteroatoms. The molecule has 0 aromatic carbocycles. The van der Waals surface area contributed by atoms with Gasteiger partial charge in [0.05, 0.1) is 7.11 Å². The van der Waals surface area contributed by atoms with Crippen molar-refractivity contribution in [3.05, 3.63) is 23.8 Å². The average Bonchev–Trinajstić information content (AvgIpc) is 2.44. The first-order chi connectivity index (χ1) is 9.72. The molecule has 0 saturated heterocycles. The van der Waals surface area contributed by atoms with E-state index in [4.69, 9.17) is 0 Å². The van der Waals surface area contributed by atoms with E-state index in [-0.39, 0.29) is 5.97 Å². The number of carbonyl (C=O) groups is 1. The van der Waals surface area contributed by atoms with Gasteiger partial charge in [-0.05, 0) is 43.4 Å². The van der Waals surface area contributed by atoms with E-state index in [0.717, 1.165) is 17.9 Å². The third-order valence-corrected chi connectivity index (χ3v) is 5.73. The van der Waals surface area contributed by atoms with Crippen molar-refractivity contribution in [1.82, 2.24) is 0 Å². The number of thioether (sulfide) groups is 1. The lowest BCUT2D eigenvalue weighted by Crippen LogP contribution is -2.25. The summed E-state index contributed by atoms with van der Waals surface area (Å²) in [6.07, 6.45) is 11.4. The smallest absolute Gasteiger partial charge is 0.330 e. The van der Waals surface area contributed by atoms with Gasteiger partial charge >= 0.3 is 5.97 Å². The fourth-order valence-electron chi connectivity index (χ4n) is 1.98. The molecule has 0 N–H and O–H groups in total. The number of hydrogen-bond donors (Lipinski definition) is 0. The molecule has 0 aromatic rings. The van der Waals surface area contributed by atoms with E-state index in [1.165, 1.54) is 26.0 Å². The maximum absolute atomic E-state index is 11.1. The van der Waals surface area contributed by atoms with Crippen LogP contribution in [-0.2, 0) is 9.53 Å². The first kappa shape index (κ1) is 20.3. The zero-order chi connectivity index (χ0) is 16.5. The van der Waals surface area contributed by atoms with Crippen LogP contribution in [-0.4, -0.2) is 24.1 Å². The van der Waals surface area contributed by atoms with Crippen LogP contribution in [0.25, 0.3) is 0 Å². The standard InChI is InChI=1S/C18H32O2S/c1-14(11-12-16(3)18(4,5)21-7)9-8-10-15(2)13-17(19)20-6/h8,10,13-14,16H,9,11-12H2,1-7H3/b10-8+,15-13+. The van der Waals surface area contributed by atoms with Gasteiger partial charge in [0.15, 0.2) is 0 Å². The summed E-state index contributed by atoms with van der Waals surface area (Å²) in [5.41, 5.74) is 0.936. The van der Waals surface area contributed by atoms with Crippen LogP contribution in [0.2, 0.25) is 0 Å². The number of ether oxygens (including phenoxy) is 1. The Kier molecular flexibility index (Phi) is 9.76. The lowest BCUT2D eigenvalue weighted by molar-refractivity contribution is -0.134. The van der Waals surface area contributed by atoms with Gasteiger partial charge in [-0.1, -0.05) is 46.3 Å². The summed E-state index contributed by atoms with van der Waals surface area (Å²) in [6, 6.07) is 0. The molecule has 0 aromatic heterocycles. The van der Waals surface area contributed by atoms with Crippen LogP contribution >= 0.6 is 11.8 Å². The summed E-state index contributed by atoms with van der Waals surface area (Å²) < 4.78 is 4.96. The molecule has 2 unspecified atom stereocenters. The van der Waals surface area contributed by atoms with Gasteiger partial charge in [0, 0.05) is 10.8 Å². The van der Waals surface area contributed by atoms with E-state index in [9.17, 15) is 4.79 Å². The zero-order valence-corrected chi connectivity index (χ0v) is 15.5. The minimum Gasteiger partial charge on any atom is -0.466 e. The summed E-state index contributed by atoms with van der Waals surface area (Å²) >= 11 is 1.95. The Morgan fingerprint density at radius 3 is 2.43 bits per heavy atom. The van der Waals surface area contributed by atoms with Gasteiger partial charge in [-0.25, -0.2) is 4.79 Å². The van der Waals surface area contributed by atoms with Crippen molar-refractivity contribution in [1.29, 1.82) is 0 Å². The number of carbonyl (C=O) groups excluding carboxylic acids is 1. The van der Waals surface area contributed by atoms with Gasteiger partial charge < -0.3 is 4.74 Å². The molecule has 0 radical (unpaired) electrons. The van der Waals surface area contributed by atoms with Crippen LogP contribution in [0.15, 0.2) is 23.8 Å². The quantitative estimate of drug-likeness (QED) is 0.330. The molecule has 0 rings (SSSR count). The highest BCUT2D eigenvalue weighted by molar-refractivity contribution is 7.99. The van der Waals surface area contributed by atoms with Crippen LogP contribution in [0.1, 0.15) is 53.9 Å². The number of allylic oxidation sites excluding steroid dienone is 3. The number of rotatable bonds is 9. The molecule has 0 amide bonds. The minimum absolute atomic E-state index is 0.293. The molecule has 0 spiro atoms. The zero-order valence-electron chi connectivity index (χ0n) is 14.7. The normalized spacial score (nSPS) is 16.0. The predicted molar refractivity (Wildman–Crippen MR) is 94.7 cm³/mol. The molecular formula is C18H32O2S. The first-order valence-corrected chi connectivity index (χ1v) is 8.93. The van der Waals surface area contributed by atoms with Crippen molar-refractivity contribution < 1.29 is 9.53 Å². The van der Waals surface area contributed by atoms with Crippen molar-refractivity contribution in [2.24, 2.45) is 11.8 Å². The molecule has 0 heterocycles. The Labute approximate surface area is 135 Å². The van der Waals surface area contributed by atoms with Gasteiger partial charge in [-0.3, -0.25) is 0 Å². The van der Waals surface area contributed by atoms with Crippen molar-refractivity contribution in [2.45, 2.75) is 58.6 Å². The topological polar surface area (TPSA) is 26.3 Å². The summed E-state index contributed by atoms with van der Waals surface area (Å²) in [6.45, 7) is 11.2. The predicted octanol–water partition coefficient (Wildman–Crippen LogP) is 5.25. The highest BCUT2D eigenvalue weighted by Crippen LogP contribution is 2.34. The summed E-state index contributed by atoms with van der Waals surface area (Å²) in [5.74, 6) is 1.10. The van der Waals surface area contributed by atoms with Gasteiger partial charge in [-0.15, -0.1) is 0 Å². The molecule has 2 atom stereocenters. The first-order valence-electron chi connectivity index (χ1n) is 7.70. The molecule has 21 heavy (non-hydrogen) atoms. The van der Waals surface area contributed by atoms with E-state index in [0.29, 0.717) is 10.7 Å². The monoisotopic (exact) mass is 312 g/mol. The van der Waals surface area contributed by atoms with E-state index in [1.807, 2.05) is 24.8 Å². The lowest BCUT2D eigenvalue weighted by Gasteiger charge is -2.30. The third kappa shape index (κ3) is 9.02. The van der Waals surface area contributed by atoms with E-state index in [2.05, 4.69) is 44.8 Å². The summed E-state index contributed by atoms with van der Waals surface area (Å²) in [5, 5.41) is 0. The van der Waals surface area contributed by atoms with E-state index >= 15 is 0 Å². The second-order valence-corrected chi connectivity index (χ2v) is 7.90. The summed E-state index contributed by atoms with van der Waals surface area (Å²) in [4.78, 5) is 11.1. The van der Waals surface area contributed by atoms with Gasteiger partial charge in [0.25, 0.3) is 0 Å². The Balaban J connectivity index is 4.14. The van der Waals surface area contributed by atoms with Crippen molar-refractivity contribution in [2.75, 3.05) is 13.4 Å². The second kappa shape index (κ2) is 10.1. The van der Waals surface area contributed by atoms with Crippen LogP contribution in [0, 0.1) is 11.8 Å². The maximum Gasteiger partial charge on any atom is 0.330 e. The Bertz CT molecular complexity index is 369. The van der Waals surface area contributed by atoms with Crippen molar-refractivity contribution in [3.63, 3.8) is 0 Å². The molecular weight excluding hydrogens is 280 g/mol. The van der Waals surface area contributed by atoms with Gasteiger partial charge in [0.2, 0.25) is 0 Å². The van der Waals surface area contributed by atoms with Crippen LogP contribution in [0.4, 0.5) is 0 Å². The fraction of sp³-hybridized carbons (Fsp3) is 0.722. The molecule has 0 aliphatic rings. The number of esters is 1. The van der Waals surface area contributed by atoms with Gasteiger partial charge in [0.1, 0.15) is 0 Å². The van der Waals surface area contributed by atoms with Gasteiger partial charge in [-0.2, -0.15) is 11.8 Å². The van der Waals surface area contributed by atoms with Crippen molar-refractivity contribution in [3.8, 4) is 0 Å². The molecule has 2 nitrogen and oxygen atoms in total. The van der Waals surface area contributed by atoms with Crippen molar-refractivity contribution >= 4 is 17.7 Å². The van der Waals surface area contributed by atoms with E-state index < -0.39 is 0 Å². The Hall–Kier alpha value is -0.700. The lowest BCUT2D eigenvalue weighted by atomic mass is 9.88. The van der Waals surface area contributed by atoms with Crippen LogP contribution in [0.5, 0.6) is 0 Å². The highest BCUT2D eigenvalue weighted by Gasteiger charge is 2.24. The second-order valence-electron chi connectivity index (χ2n) is 6.44. The van der Waals surface area contributed by atoms with E-state index in [1.54, 1.807) is 0 Å². The minimum atomic E-state index is -0.293. The average molecular weight is 313 g/mol. The largest absolute Gasteiger partial charge is 0.466 e. The number of methoxy groups -OCH3 is 1.